The molecule has 0 aliphatic heterocycles. The fourth-order valence-corrected chi connectivity index (χ4v) is 1.93. The lowest BCUT2D eigenvalue weighted by molar-refractivity contribution is -0.385. The first-order valence-corrected chi connectivity index (χ1v) is 6.60. The van der Waals surface area contributed by atoms with Crippen molar-refractivity contribution in [3.8, 4) is 0 Å². The Balaban J connectivity index is 2.66. The quantitative estimate of drug-likeness (QED) is 0.454. The second-order valence-electron chi connectivity index (χ2n) is 4.91. The Morgan fingerprint density at radius 3 is 2.80 bits per heavy atom. The lowest BCUT2D eigenvalue weighted by atomic mass is 10.1. The summed E-state index contributed by atoms with van der Waals surface area (Å²) in [7, 11) is 0. The largest absolute Gasteiger partial charge is 0.396 e. The second-order valence-corrected chi connectivity index (χ2v) is 4.91. The normalized spacial score (nSPS) is 11.9. The van der Waals surface area contributed by atoms with Gasteiger partial charge in [-0.2, -0.15) is 0 Å². The number of aryl methyl sites for hydroxylation is 1. The number of nitro groups is 1. The molecule has 1 rings (SSSR count). The third-order valence-corrected chi connectivity index (χ3v) is 3.15. The molecular formula is C14H20N2O4. The van der Waals surface area contributed by atoms with E-state index < -0.39 is 10.8 Å². The third-order valence-electron chi connectivity index (χ3n) is 3.15. The highest BCUT2D eigenvalue weighted by atomic mass is 16.6. The SMILES string of the molecule is Cc1cccc([N+](=O)[O-])c1C(=O)NCCCC(C)CO. The van der Waals surface area contributed by atoms with Gasteiger partial charge in [-0.3, -0.25) is 14.9 Å². The molecular weight excluding hydrogens is 260 g/mol. The van der Waals surface area contributed by atoms with E-state index in [4.69, 9.17) is 5.11 Å². The van der Waals surface area contributed by atoms with Gasteiger partial charge in [-0.1, -0.05) is 19.1 Å². The molecule has 0 saturated carbocycles. The van der Waals surface area contributed by atoms with E-state index in [1.54, 1.807) is 19.1 Å². The summed E-state index contributed by atoms with van der Waals surface area (Å²) in [4.78, 5) is 22.4. The molecule has 110 valence electrons. The average Bonchev–Trinajstić information content (AvgIpc) is 2.42. The highest BCUT2D eigenvalue weighted by molar-refractivity contribution is 5.99. The summed E-state index contributed by atoms with van der Waals surface area (Å²) in [6.07, 6.45) is 1.53. The van der Waals surface area contributed by atoms with E-state index in [0.29, 0.717) is 12.1 Å². The lowest BCUT2D eigenvalue weighted by Gasteiger charge is -2.10. The van der Waals surface area contributed by atoms with Crippen LogP contribution in [0.25, 0.3) is 0 Å². The number of rotatable bonds is 7. The number of nitro benzene ring substituents is 1. The topological polar surface area (TPSA) is 92.5 Å². The molecule has 1 unspecified atom stereocenters. The minimum atomic E-state index is -0.546. The summed E-state index contributed by atoms with van der Waals surface area (Å²) in [6, 6.07) is 4.57. The van der Waals surface area contributed by atoms with Crippen LogP contribution in [-0.4, -0.2) is 29.1 Å². The number of hydrogen-bond donors (Lipinski definition) is 2. The molecule has 0 aliphatic carbocycles. The number of carbonyl (C=O) groups excluding carboxylic acids is 1. The van der Waals surface area contributed by atoms with E-state index in [9.17, 15) is 14.9 Å². The number of hydrogen-bond acceptors (Lipinski definition) is 4. The number of nitrogens with zero attached hydrogens (tertiary/aromatic N) is 1. The van der Waals surface area contributed by atoms with Crippen LogP contribution in [0, 0.1) is 23.0 Å². The predicted molar refractivity (Wildman–Crippen MR) is 75.7 cm³/mol. The van der Waals surface area contributed by atoms with Gasteiger partial charge < -0.3 is 10.4 Å². The van der Waals surface area contributed by atoms with Gasteiger partial charge in [0.15, 0.2) is 0 Å². The summed E-state index contributed by atoms with van der Waals surface area (Å²) in [5.41, 5.74) is 0.527. The Labute approximate surface area is 118 Å². The summed E-state index contributed by atoms with van der Waals surface area (Å²) < 4.78 is 0. The molecule has 0 fully saturated rings. The molecule has 1 aromatic carbocycles. The number of nitrogens with one attached hydrogen (secondary N) is 1. The highest BCUT2D eigenvalue weighted by Crippen LogP contribution is 2.21. The van der Waals surface area contributed by atoms with Crippen LogP contribution in [0.3, 0.4) is 0 Å². The van der Waals surface area contributed by atoms with Crippen molar-refractivity contribution in [2.45, 2.75) is 26.7 Å². The van der Waals surface area contributed by atoms with Crippen molar-refractivity contribution in [2.24, 2.45) is 5.92 Å². The number of carbonyl (C=O) groups is 1. The molecule has 0 radical (unpaired) electrons. The van der Waals surface area contributed by atoms with Crippen LogP contribution in [0.1, 0.15) is 35.7 Å². The second kappa shape index (κ2) is 7.59. The van der Waals surface area contributed by atoms with Crippen LogP contribution in [0.5, 0.6) is 0 Å². The van der Waals surface area contributed by atoms with Gasteiger partial charge in [-0.25, -0.2) is 0 Å². The van der Waals surface area contributed by atoms with Crippen molar-refractivity contribution in [3.63, 3.8) is 0 Å². The zero-order valence-electron chi connectivity index (χ0n) is 11.8. The Morgan fingerprint density at radius 2 is 2.20 bits per heavy atom. The monoisotopic (exact) mass is 280 g/mol. The van der Waals surface area contributed by atoms with Gasteiger partial charge in [0.2, 0.25) is 0 Å². The first-order chi connectivity index (χ1) is 9.47. The van der Waals surface area contributed by atoms with Gasteiger partial charge in [0, 0.05) is 19.2 Å². The van der Waals surface area contributed by atoms with Crippen molar-refractivity contribution in [1.29, 1.82) is 0 Å². The van der Waals surface area contributed by atoms with Crippen LogP contribution in [-0.2, 0) is 0 Å². The van der Waals surface area contributed by atoms with Gasteiger partial charge in [0.1, 0.15) is 5.56 Å². The van der Waals surface area contributed by atoms with E-state index in [0.717, 1.165) is 12.8 Å². The van der Waals surface area contributed by atoms with Gasteiger partial charge in [0.05, 0.1) is 4.92 Å². The first kappa shape index (κ1) is 16.1. The van der Waals surface area contributed by atoms with Gasteiger partial charge >= 0.3 is 0 Å². The average molecular weight is 280 g/mol. The highest BCUT2D eigenvalue weighted by Gasteiger charge is 2.21. The van der Waals surface area contributed by atoms with Crippen molar-refractivity contribution in [1.82, 2.24) is 5.32 Å². The Hall–Kier alpha value is -1.95. The maximum Gasteiger partial charge on any atom is 0.282 e. The molecule has 1 aromatic rings. The van der Waals surface area contributed by atoms with Crippen molar-refractivity contribution < 1.29 is 14.8 Å². The molecule has 0 aromatic heterocycles. The fourth-order valence-electron chi connectivity index (χ4n) is 1.93. The van der Waals surface area contributed by atoms with Gasteiger partial charge in [0.25, 0.3) is 11.6 Å². The molecule has 1 atom stereocenters. The maximum absolute atomic E-state index is 12.0. The number of benzene rings is 1. The van der Waals surface area contributed by atoms with E-state index >= 15 is 0 Å². The zero-order chi connectivity index (χ0) is 15.1. The first-order valence-electron chi connectivity index (χ1n) is 6.60. The van der Waals surface area contributed by atoms with E-state index in [-0.39, 0.29) is 23.8 Å². The standard InChI is InChI=1S/C14H20N2O4/c1-10(9-17)5-4-8-15-14(18)13-11(2)6-3-7-12(13)16(19)20/h3,6-7,10,17H,4-5,8-9H2,1-2H3,(H,15,18). The van der Waals surface area contributed by atoms with E-state index in [1.165, 1.54) is 6.07 Å². The van der Waals surface area contributed by atoms with Crippen LogP contribution in [0.4, 0.5) is 5.69 Å². The summed E-state index contributed by atoms with van der Waals surface area (Å²) >= 11 is 0. The maximum atomic E-state index is 12.0. The minimum absolute atomic E-state index is 0.118. The Bertz CT molecular complexity index is 488. The summed E-state index contributed by atoms with van der Waals surface area (Å²) in [6.45, 7) is 4.16. The molecule has 20 heavy (non-hydrogen) atoms. The van der Waals surface area contributed by atoms with Gasteiger partial charge in [-0.15, -0.1) is 0 Å². The zero-order valence-corrected chi connectivity index (χ0v) is 11.8. The smallest absolute Gasteiger partial charge is 0.282 e. The molecule has 0 aliphatic rings. The van der Waals surface area contributed by atoms with E-state index in [2.05, 4.69) is 5.32 Å². The van der Waals surface area contributed by atoms with Crippen LogP contribution in [0.15, 0.2) is 18.2 Å². The third kappa shape index (κ3) is 4.31. The molecule has 0 spiro atoms. The molecule has 0 bridgehead atoms. The fraction of sp³-hybridized carbons (Fsp3) is 0.500. The molecule has 0 saturated heterocycles. The summed E-state index contributed by atoms with van der Waals surface area (Å²) in [5, 5.41) is 22.5. The van der Waals surface area contributed by atoms with Crippen LogP contribution < -0.4 is 5.32 Å². The Morgan fingerprint density at radius 1 is 1.50 bits per heavy atom. The molecule has 6 nitrogen and oxygen atoms in total. The van der Waals surface area contributed by atoms with Crippen molar-refractivity contribution in [2.75, 3.05) is 13.2 Å². The number of amides is 1. The Kier molecular flexibility index (Phi) is 6.11. The molecule has 6 heteroatoms. The predicted octanol–water partition coefficient (Wildman–Crippen LogP) is 2.04. The molecule has 2 N–H and O–H groups in total. The van der Waals surface area contributed by atoms with E-state index in [1.807, 2.05) is 6.92 Å². The van der Waals surface area contributed by atoms with Crippen LogP contribution in [0.2, 0.25) is 0 Å². The lowest BCUT2D eigenvalue weighted by Crippen LogP contribution is -2.26. The van der Waals surface area contributed by atoms with Crippen molar-refractivity contribution in [3.05, 3.63) is 39.4 Å². The molecule has 0 heterocycles. The number of aliphatic hydroxyl groups is 1. The van der Waals surface area contributed by atoms with Crippen molar-refractivity contribution >= 4 is 11.6 Å². The minimum Gasteiger partial charge on any atom is -0.396 e. The van der Waals surface area contributed by atoms with Gasteiger partial charge in [-0.05, 0) is 31.2 Å². The van der Waals surface area contributed by atoms with Crippen LogP contribution >= 0.6 is 0 Å². The number of aliphatic hydroxyl groups excluding tert-OH is 1. The molecule has 1 amide bonds. The summed E-state index contributed by atoms with van der Waals surface area (Å²) in [5.74, 6) is -0.230.